The van der Waals surface area contributed by atoms with Crippen LogP contribution in [0.25, 0.3) is 0 Å². The number of benzene rings is 1. The smallest absolute Gasteiger partial charge is 0.0670 e. The Kier molecular flexibility index (Phi) is 3.22. The highest BCUT2D eigenvalue weighted by Gasteiger charge is 2.40. The van der Waals surface area contributed by atoms with Crippen LogP contribution in [0.3, 0.4) is 0 Å². The number of hydrogen-bond acceptors (Lipinski definition) is 2. The minimum Gasteiger partial charge on any atom is -0.290 e. The molecule has 2 heteroatoms. The summed E-state index contributed by atoms with van der Waals surface area (Å²) in [4.78, 5) is 2.45. The van der Waals surface area contributed by atoms with Gasteiger partial charge in [0.2, 0.25) is 0 Å². The van der Waals surface area contributed by atoms with Gasteiger partial charge in [0.15, 0.2) is 0 Å². The standard InChI is InChI=1S/C15H20N2/c1-12(14-7-5-4-6-8-14)17-11-13(10-16)9-15(17,2)3/h4-8,12-13H,9,11H2,1-3H3. The first-order valence-corrected chi connectivity index (χ1v) is 6.26. The van der Waals surface area contributed by atoms with Crippen LogP contribution in [0.1, 0.15) is 38.8 Å². The fourth-order valence-corrected chi connectivity index (χ4v) is 2.95. The molecule has 0 N–H and O–H groups in total. The van der Waals surface area contributed by atoms with E-state index < -0.39 is 0 Å². The lowest BCUT2D eigenvalue weighted by Gasteiger charge is -2.36. The van der Waals surface area contributed by atoms with Gasteiger partial charge in [0, 0.05) is 18.1 Å². The Morgan fingerprint density at radius 3 is 2.53 bits per heavy atom. The largest absolute Gasteiger partial charge is 0.290 e. The van der Waals surface area contributed by atoms with E-state index in [0.717, 1.165) is 13.0 Å². The van der Waals surface area contributed by atoms with Crippen molar-refractivity contribution < 1.29 is 0 Å². The molecule has 0 radical (unpaired) electrons. The molecule has 1 aromatic carbocycles. The molecule has 90 valence electrons. The molecule has 1 aromatic rings. The van der Waals surface area contributed by atoms with E-state index in [1.165, 1.54) is 5.56 Å². The molecule has 17 heavy (non-hydrogen) atoms. The third kappa shape index (κ3) is 2.35. The maximum atomic E-state index is 9.09. The van der Waals surface area contributed by atoms with E-state index in [0.29, 0.717) is 6.04 Å². The monoisotopic (exact) mass is 228 g/mol. The SMILES string of the molecule is CC(c1ccccc1)N1CC(C#N)CC1(C)C. The highest BCUT2D eigenvalue weighted by atomic mass is 15.2. The molecule has 1 heterocycles. The molecule has 0 aliphatic carbocycles. The topological polar surface area (TPSA) is 27.0 Å². The molecule has 0 bridgehead atoms. The van der Waals surface area contributed by atoms with Crippen LogP contribution in [-0.4, -0.2) is 17.0 Å². The third-order valence-corrected chi connectivity index (χ3v) is 3.87. The first-order valence-electron chi connectivity index (χ1n) is 6.26. The molecule has 2 nitrogen and oxygen atoms in total. The maximum Gasteiger partial charge on any atom is 0.0670 e. The molecule has 1 aliphatic heterocycles. The fourth-order valence-electron chi connectivity index (χ4n) is 2.95. The van der Waals surface area contributed by atoms with Gasteiger partial charge in [-0.05, 0) is 32.8 Å². The maximum absolute atomic E-state index is 9.09. The molecule has 2 atom stereocenters. The van der Waals surface area contributed by atoms with Crippen molar-refractivity contribution in [2.24, 2.45) is 5.92 Å². The summed E-state index contributed by atoms with van der Waals surface area (Å²) in [5.41, 5.74) is 1.45. The van der Waals surface area contributed by atoms with E-state index in [-0.39, 0.29) is 11.5 Å². The van der Waals surface area contributed by atoms with E-state index >= 15 is 0 Å². The van der Waals surface area contributed by atoms with Crippen molar-refractivity contribution in [1.82, 2.24) is 4.90 Å². The van der Waals surface area contributed by atoms with Gasteiger partial charge in [-0.25, -0.2) is 0 Å². The second kappa shape index (κ2) is 4.50. The zero-order chi connectivity index (χ0) is 12.5. The van der Waals surface area contributed by atoms with Crippen LogP contribution in [0.4, 0.5) is 0 Å². The molecule has 0 amide bonds. The van der Waals surface area contributed by atoms with Gasteiger partial charge >= 0.3 is 0 Å². The second-order valence-electron chi connectivity index (χ2n) is 5.58. The summed E-state index contributed by atoms with van der Waals surface area (Å²) in [6.45, 7) is 7.60. The van der Waals surface area contributed by atoms with E-state index in [9.17, 15) is 0 Å². The lowest BCUT2D eigenvalue weighted by atomic mass is 9.95. The summed E-state index contributed by atoms with van der Waals surface area (Å²) in [6.07, 6.45) is 0.973. The summed E-state index contributed by atoms with van der Waals surface area (Å²) in [7, 11) is 0. The van der Waals surface area contributed by atoms with Gasteiger partial charge in [0.25, 0.3) is 0 Å². The summed E-state index contributed by atoms with van der Waals surface area (Å²) in [5, 5.41) is 9.09. The van der Waals surface area contributed by atoms with Crippen molar-refractivity contribution in [3.8, 4) is 6.07 Å². The van der Waals surface area contributed by atoms with Crippen LogP contribution in [0.5, 0.6) is 0 Å². The average Bonchev–Trinajstić information content (AvgIpc) is 2.64. The normalized spacial score (nSPS) is 25.4. The Morgan fingerprint density at radius 2 is 2.00 bits per heavy atom. The lowest BCUT2D eigenvalue weighted by molar-refractivity contribution is 0.125. The summed E-state index contributed by atoms with van der Waals surface area (Å²) in [5.74, 6) is 0.177. The number of nitriles is 1. The van der Waals surface area contributed by atoms with Crippen LogP contribution in [-0.2, 0) is 0 Å². The van der Waals surface area contributed by atoms with Crippen molar-refractivity contribution in [1.29, 1.82) is 5.26 Å². The number of rotatable bonds is 2. The van der Waals surface area contributed by atoms with Gasteiger partial charge < -0.3 is 0 Å². The van der Waals surface area contributed by atoms with Crippen molar-refractivity contribution in [2.75, 3.05) is 6.54 Å². The molecular formula is C15H20N2. The molecular weight excluding hydrogens is 208 g/mol. The van der Waals surface area contributed by atoms with Gasteiger partial charge in [0.05, 0.1) is 12.0 Å². The summed E-state index contributed by atoms with van der Waals surface area (Å²) >= 11 is 0. The van der Waals surface area contributed by atoms with Crippen LogP contribution in [0.2, 0.25) is 0 Å². The zero-order valence-electron chi connectivity index (χ0n) is 10.9. The Hall–Kier alpha value is -1.33. The first kappa shape index (κ1) is 12.1. The average molecular weight is 228 g/mol. The summed E-state index contributed by atoms with van der Waals surface area (Å²) in [6, 6.07) is 13.3. The van der Waals surface area contributed by atoms with Gasteiger partial charge in [-0.3, -0.25) is 4.90 Å². The predicted octanol–water partition coefficient (Wildman–Crippen LogP) is 3.37. The van der Waals surface area contributed by atoms with Crippen LogP contribution < -0.4 is 0 Å². The van der Waals surface area contributed by atoms with Crippen molar-refractivity contribution in [3.05, 3.63) is 35.9 Å². The number of hydrogen-bond donors (Lipinski definition) is 0. The van der Waals surface area contributed by atoms with Crippen molar-refractivity contribution in [3.63, 3.8) is 0 Å². The Bertz CT molecular complexity index is 416. The Balaban J connectivity index is 2.21. The second-order valence-corrected chi connectivity index (χ2v) is 5.58. The highest BCUT2D eigenvalue weighted by Crippen LogP contribution is 2.38. The van der Waals surface area contributed by atoms with Crippen LogP contribution in [0, 0.1) is 17.2 Å². The third-order valence-electron chi connectivity index (χ3n) is 3.87. The first-order chi connectivity index (χ1) is 8.04. The predicted molar refractivity (Wildman–Crippen MR) is 69.4 cm³/mol. The summed E-state index contributed by atoms with van der Waals surface area (Å²) < 4.78 is 0. The van der Waals surface area contributed by atoms with Crippen molar-refractivity contribution >= 4 is 0 Å². The minimum atomic E-state index is 0.121. The van der Waals surface area contributed by atoms with E-state index in [4.69, 9.17) is 5.26 Å². The molecule has 0 aromatic heterocycles. The molecule has 1 saturated heterocycles. The van der Waals surface area contributed by atoms with Gasteiger partial charge in [-0.15, -0.1) is 0 Å². The molecule has 1 aliphatic rings. The zero-order valence-corrected chi connectivity index (χ0v) is 10.9. The van der Waals surface area contributed by atoms with Gasteiger partial charge in [-0.2, -0.15) is 5.26 Å². The molecule has 1 fully saturated rings. The molecule has 0 saturated carbocycles. The Morgan fingerprint density at radius 1 is 1.35 bits per heavy atom. The fraction of sp³-hybridized carbons (Fsp3) is 0.533. The molecule has 0 spiro atoms. The lowest BCUT2D eigenvalue weighted by Crippen LogP contribution is -2.39. The van der Waals surface area contributed by atoms with Crippen LogP contribution >= 0.6 is 0 Å². The van der Waals surface area contributed by atoms with Crippen LogP contribution in [0.15, 0.2) is 30.3 Å². The van der Waals surface area contributed by atoms with Gasteiger partial charge in [0.1, 0.15) is 0 Å². The highest BCUT2D eigenvalue weighted by molar-refractivity contribution is 5.20. The van der Waals surface area contributed by atoms with Crippen molar-refractivity contribution in [2.45, 2.75) is 38.8 Å². The van der Waals surface area contributed by atoms with E-state index in [2.05, 4.69) is 56.0 Å². The number of likely N-dealkylation sites (tertiary alicyclic amines) is 1. The van der Waals surface area contributed by atoms with E-state index in [1.807, 2.05) is 6.07 Å². The minimum absolute atomic E-state index is 0.121. The molecule has 2 rings (SSSR count). The quantitative estimate of drug-likeness (QED) is 0.776. The molecule has 2 unspecified atom stereocenters. The Labute approximate surface area is 104 Å². The number of nitrogens with zero attached hydrogens (tertiary/aromatic N) is 2. The van der Waals surface area contributed by atoms with Gasteiger partial charge in [-0.1, -0.05) is 30.3 Å². The van der Waals surface area contributed by atoms with E-state index in [1.54, 1.807) is 0 Å².